The van der Waals surface area contributed by atoms with Crippen molar-refractivity contribution in [2.75, 3.05) is 27.2 Å². The molecule has 1 atom stereocenters. The van der Waals surface area contributed by atoms with Crippen LogP contribution in [0.25, 0.3) is 0 Å². The highest BCUT2D eigenvalue weighted by Crippen LogP contribution is 2.46. The van der Waals surface area contributed by atoms with Gasteiger partial charge in [0.2, 0.25) is 11.8 Å². The van der Waals surface area contributed by atoms with Crippen molar-refractivity contribution in [2.24, 2.45) is 5.92 Å². The van der Waals surface area contributed by atoms with E-state index in [0.29, 0.717) is 18.8 Å². The number of hydrogen-bond donors (Lipinski definition) is 0. The molecule has 27 heavy (non-hydrogen) atoms. The van der Waals surface area contributed by atoms with Crippen LogP contribution in [0.3, 0.4) is 0 Å². The van der Waals surface area contributed by atoms with E-state index in [9.17, 15) is 9.59 Å². The van der Waals surface area contributed by atoms with Gasteiger partial charge >= 0.3 is 0 Å². The number of hydrogen-bond acceptors (Lipinski definition) is 3. The number of para-hydroxylation sites is 1. The average molecular weight is 373 g/mol. The van der Waals surface area contributed by atoms with Crippen LogP contribution in [0.5, 0.6) is 5.75 Å². The van der Waals surface area contributed by atoms with Gasteiger partial charge in [-0.1, -0.05) is 32.0 Å². The highest BCUT2D eigenvalue weighted by atomic mass is 16.5. The first-order chi connectivity index (χ1) is 12.8. The lowest BCUT2D eigenvalue weighted by atomic mass is 9.76. The van der Waals surface area contributed by atoms with Crippen molar-refractivity contribution in [2.45, 2.75) is 57.5 Å². The zero-order valence-corrected chi connectivity index (χ0v) is 17.0. The quantitative estimate of drug-likeness (QED) is 0.813. The average Bonchev–Trinajstić information content (AvgIpc) is 2.61. The Morgan fingerprint density at radius 2 is 1.89 bits per heavy atom. The Hall–Kier alpha value is -2.04. The van der Waals surface area contributed by atoms with Crippen LogP contribution < -0.4 is 4.74 Å². The Morgan fingerprint density at radius 1 is 1.22 bits per heavy atom. The number of nitrogens with zero attached hydrogens (tertiary/aromatic N) is 2. The molecule has 1 aromatic rings. The summed E-state index contributed by atoms with van der Waals surface area (Å²) in [7, 11) is 3.62. The number of rotatable bonds is 4. The fraction of sp³-hybridized carbons (Fsp3) is 0.636. The SMILES string of the molecule is CC(C)CC(=O)N1CCC2(CC1)C[C@@H](CC(=O)N(C)C)c1ccccc1O2. The van der Waals surface area contributed by atoms with E-state index in [2.05, 4.69) is 19.9 Å². The van der Waals surface area contributed by atoms with Crippen LogP contribution >= 0.6 is 0 Å². The van der Waals surface area contributed by atoms with Gasteiger partial charge in [-0.2, -0.15) is 0 Å². The summed E-state index contributed by atoms with van der Waals surface area (Å²) >= 11 is 0. The van der Waals surface area contributed by atoms with Crippen molar-refractivity contribution in [1.29, 1.82) is 0 Å². The summed E-state index contributed by atoms with van der Waals surface area (Å²) in [5.74, 6) is 1.85. The highest BCUT2D eigenvalue weighted by Gasteiger charge is 2.44. The van der Waals surface area contributed by atoms with Crippen molar-refractivity contribution in [3.05, 3.63) is 29.8 Å². The Morgan fingerprint density at radius 3 is 2.52 bits per heavy atom. The molecule has 2 heterocycles. The molecule has 3 rings (SSSR count). The fourth-order valence-electron chi connectivity index (χ4n) is 4.27. The smallest absolute Gasteiger partial charge is 0.222 e. The minimum Gasteiger partial charge on any atom is -0.487 e. The van der Waals surface area contributed by atoms with Crippen LogP contribution in [0, 0.1) is 5.92 Å². The molecule has 1 aromatic carbocycles. The molecule has 1 fully saturated rings. The van der Waals surface area contributed by atoms with Gasteiger partial charge in [0, 0.05) is 58.8 Å². The predicted molar refractivity (Wildman–Crippen MR) is 106 cm³/mol. The molecule has 0 radical (unpaired) electrons. The van der Waals surface area contributed by atoms with Crippen LogP contribution in [0.4, 0.5) is 0 Å². The van der Waals surface area contributed by atoms with Gasteiger partial charge in [0.05, 0.1) is 0 Å². The Kier molecular flexibility index (Phi) is 5.78. The molecule has 0 unspecified atom stereocenters. The summed E-state index contributed by atoms with van der Waals surface area (Å²) in [5, 5.41) is 0. The third kappa shape index (κ3) is 4.45. The van der Waals surface area contributed by atoms with E-state index in [4.69, 9.17) is 4.74 Å². The first kappa shape index (κ1) is 19.7. The molecular weight excluding hydrogens is 340 g/mol. The molecule has 5 nitrogen and oxygen atoms in total. The van der Waals surface area contributed by atoms with Crippen molar-refractivity contribution in [1.82, 2.24) is 9.80 Å². The molecule has 0 N–H and O–H groups in total. The van der Waals surface area contributed by atoms with E-state index < -0.39 is 0 Å². The first-order valence-electron chi connectivity index (χ1n) is 10.1. The second kappa shape index (κ2) is 7.91. The topological polar surface area (TPSA) is 49.9 Å². The second-order valence-electron chi connectivity index (χ2n) is 8.69. The second-order valence-corrected chi connectivity index (χ2v) is 8.69. The van der Waals surface area contributed by atoms with Gasteiger partial charge < -0.3 is 14.5 Å². The van der Waals surface area contributed by atoms with Gasteiger partial charge in [0.25, 0.3) is 0 Å². The Balaban J connectivity index is 1.74. The molecule has 1 spiro atoms. The van der Waals surface area contributed by atoms with E-state index >= 15 is 0 Å². The minimum absolute atomic E-state index is 0.149. The molecule has 0 aromatic heterocycles. The molecule has 0 bridgehead atoms. The summed E-state index contributed by atoms with van der Waals surface area (Å²) < 4.78 is 6.48. The van der Waals surface area contributed by atoms with Gasteiger partial charge in [0.1, 0.15) is 11.4 Å². The fourth-order valence-corrected chi connectivity index (χ4v) is 4.27. The summed E-state index contributed by atoms with van der Waals surface area (Å²) in [6, 6.07) is 8.10. The van der Waals surface area contributed by atoms with E-state index in [1.165, 1.54) is 0 Å². The number of fused-ring (bicyclic) bond motifs is 1. The maximum absolute atomic E-state index is 12.4. The van der Waals surface area contributed by atoms with Crippen molar-refractivity contribution < 1.29 is 14.3 Å². The lowest BCUT2D eigenvalue weighted by molar-refractivity contribution is -0.136. The minimum atomic E-state index is -0.264. The van der Waals surface area contributed by atoms with Gasteiger partial charge in [-0.25, -0.2) is 0 Å². The molecule has 2 amide bonds. The van der Waals surface area contributed by atoms with Gasteiger partial charge in [0.15, 0.2) is 0 Å². The lowest BCUT2D eigenvalue weighted by Gasteiger charge is -2.47. The molecule has 5 heteroatoms. The van der Waals surface area contributed by atoms with E-state index in [-0.39, 0.29) is 23.3 Å². The molecular formula is C22H32N2O3. The normalized spacial score (nSPS) is 20.9. The van der Waals surface area contributed by atoms with Gasteiger partial charge in [-0.05, 0) is 24.0 Å². The summed E-state index contributed by atoms with van der Waals surface area (Å²) in [6.45, 7) is 5.64. The number of amides is 2. The number of carbonyl (C=O) groups is 2. The van der Waals surface area contributed by atoms with Crippen LogP contribution in [-0.2, 0) is 9.59 Å². The molecule has 0 aliphatic carbocycles. The zero-order valence-electron chi connectivity index (χ0n) is 17.0. The summed E-state index contributed by atoms with van der Waals surface area (Å²) in [4.78, 5) is 28.4. The maximum Gasteiger partial charge on any atom is 0.222 e. The lowest BCUT2D eigenvalue weighted by Crippen LogP contribution is -2.52. The van der Waals surface area contributed by atoms with E-state index in [1.54, 1.807) is 4.90 Å². The summed E-state index contributed by atoms with van der Waals surface area (Å²) in [6.07, 6.45) is 3.62. The number of likely N-dealkylation sites (tertiary alicyclic amines) is 1. The van der Waals surface area contributed by atoms with E-state index in [0.717, 1.165) is 43.7 Å². The van der Waals surface area contributed by atoms with Crippen LogP contribution in [0.15, 0.2) is 24.3 Å². The third-order valence-electron chi connectivity index (χ3n) is 5.83. The molecule has 1 saturated heterocycles. The number of piperidine rings is 1. The maximum atomic E-state index is 12.4. The first-order valence-corrected chi connectivity index (χ1v) is 10.1. The standard InChI is InChI=1S/C22H32N2O3/c1-16(2)13-21(26)24-11-9-22(10-12-24)15-17(14-20(25)23(3)4)18-7-5-6-8-19(18)27-22/h5-8,16-17H,9-15H2,1-4H3/t17-/m1/s1. The van der Waals surface area contributed by atoms with Crippen LogP contribution in [0.2, 0.25) is 0 Å². The monoisotopic (exact) mass is 372 g/mol. The zero-order chi connectivity index (χ0) is 19.6. The van der Waals surface area contributed by atoms with Gasteiger partial charge in [-0.3, -0.25) is 9.59 Å². The third-order valence-corrected chi connectivity index (χ3v) is 5.83. The Bertz CT molecular complexity index is 691. The van der Waals surface area contributed by atoms with Gasteiger partial charge in [-0.15, -0.1) is 0 Å². The Labute approximate surface area is 162 Å². The van der Waals surface area contributed by atoms with Crippen LogP contribution in [-0.4, -0.2) is 54.4 Å². The molecule has 148 valence electrons. The van der Waals surface area contributed by atoms with Crippen molar-refractivity contribution in [3.63, 3.8) is 0 Å². The molecule has 2 aliphatic heterocycles. The molecule has 2 aliphatic rings. The number of carbonyl (C=O) groups excluding carboxylic acids is 2. The number of benzene rings is 1. The van der Waals surface area contributed by atoms with E-state index in [1.807, 2.05) is 37.2 Å². The highest BCUT2D eigenvalue weighted by molar-refractivity contribution is 5.77. The van der Waals surface area contributed by atoms with Crippen LogP contribution in [0.1, 0.15) is 57.4 Å². The number of ether oxygens (including phenoxy) is 1. The molecule has 0 saturated carbocycles. The van der Waals surface area contributed by atoms with Crippen molar-refractivity contribution in [3.8, 4) is 5.75 Å². The summed E-state index contributed by atoms with van der Waals surface area (Å²) in [5.41, 5.74) is 0.872. The largest absolute Gasteiger partial charge is 0.487 e. The predicted octanol–water partition coefficient (Wildman–Crippen LogP) is 3.44. The van der Waals surface area contributed by atoms with Crippen molar-refractivity contribution >= 4 is 11.8 Å².